The Hall–Kier alpha value is -2.34. The summed E-state index contributed by atoms with van der Waals surface area (Å²) in [6.07, 6.45) is 1.25. The summed E-state index contributed by atoms with van der Waals surface area (Å²) in [6.45, 7) is 8.93. The van der Waals surface area contributed by atoms with Gasteiger partial charge in [-0.2, -0.15) is 0 Å². The van der Waals surface area contributed by atoms with Gasteiger partial charge in [-0.3, -0.25) is 9.59 Å². The number of benzene rings is 1. The van der Waals surface area contributed by atoms with Crippen LogP contribution in [0.1, 0.15) is 49.2 Å². The topological polar surface area (TPSA) is 49.9 Å². The van der Waals surface area contributed by atoms with E-state index in [0.717, 1.165) is 17.7 Å². The molecule has 0 aliphatic carbocycles. The van der Waals surface area contributed by atoms with Crippen molar-refractivity contribution in [3.05, 3.63) is 51.7 Å². The molecule has 2 heterocycles. The fourth-order valence-corrected chi connectivity index (χ4v) is 4.69. The molecule has 1 atom stereocenters. The molecule has 3 rings (SSSR count). The van der Waals surface area contributed by atoms with Crippen molar-refractivity contribution in [2.45, 2.75) is 52.6 Å². The van der Waals surface area contributed by atoms with Gasteiger partial charge in [-0.05, 0) is 55.8 Å². The van der Waals surface area contributed by atoms with Crippen molar-refractivity contribution in [2.24, 2.45) is 0 Å². The minimum Gasteiger partial charge on any atom is -0.491 e. The number of thiophene rings is 1. The van der Waals surface area contributed by atoms with Crippen molar-refractivity contribution in [3.63, 3.8) is 0 Å². The molecule has 1 unspecified atom stereocenters. The third-order valence-corrected chi connectivity index (χ3v) is 6.45. The van der Waals surface area contributed by atoms with E-state index in [2.05, 4.69) is 11.4 Å². The maximum Gasteiger partial charge on any atom is 0.242 e. The van der Waals surface area contributed by atoms with Crippen molar-refractivity contribution < 1.29 is 14.3 Å². The van der Waals surface area contributed by atoms with Crippen LogP contribution < -0.4 is 4.74 Å². The molecule has 156 valence electrons. The van der Waals surface area contributed by atoms with Crippen molar-refractivity contribution in [3.8, 4) is 5.75 Å². The molecular weight excluding hydrogens is 384 g/mol. The molecule has 6 heteroatoms. The Morgan fingerprint density at radius 1 is 1.28 bits per heavy atom. The van der Waals surface area contributed by atoms with Gasteiger partial charge >= 0.3 is 0 Å². The lowest BCUT2D eigenvalue weighted by Gasteiger charge is -2.37. The summed E-state index contributed by atoms with van der Waals surface area (Å²) in [5.41, 5.74) is 2.24. The Bertz CT molecular complexity index is 861. The first-order chi connectivity index (χ1) is 13.9. The first-order valence-electron chi connectivity index (χ1n) is 10.3. The highest BCUT2D eigenvalue weighted by atomic mass is 32.1. The number of nitrogens with zero attached hydrogens (tertiary/aromatic N) is 2. The highest BCUT2D eigenvalue weighted by Gasteiger charge is 2.33. The molecule has 0 N–H and O–H groups in total. The molecule has 0 bridgehead atoms. The van der Waals surface area contributed by atoms with Gasteiger partial charge in [-0.15, -0.1) is 11.3 Å². The van der Waals surface area contributed by atoms with Crippen LogP contribution >= 0.6 is 11.3 Å². The van der Waals surface area contributed by atoms with E-state index in [1.54, 1.807) is 16.2 Å². The number of ether oxygens (including phenoxy) is 1. The van der Waals surface area contributed by atoms with Gasteiger partial charge in [0.25, 0.3) is 0 Å². The quantitative estimate of drug-likeness (QED) is 0.682. The third kappa shape index (κ3) is 4.81. The number of amides is 2. The fraction of sp³-hybridized carbons (Fsp3) is 0.478. The van der Waals surface area contributed by atoms with Crippen molar-refractivity contribution in [1.82, 2.24) is 9.80 Å². The number of aryl methyl sites for hydroxylation is 1. The highest BCUT2D eigenvalue weighted by molar-refractivity contribution is 7.10. The van der Waals surface area contributed by atoms with Crippen LogP contribution in [0.25, 0.3) is 0 Å². The van der Waals surface area contributed by atoms with E-state index in [1.165, 1.54) is 10.4 Å². The van der Waals surface area contributed by atoms with E-state index < -0.39 is 0 Å². The predicted octanol–water partition coefficient (Wildman–Crippen LogP) is 4.21. The first kappa shape index (κ1) is 21.4. The molecule has 2 aromatic rings. The smallest absolute Gasteiger partial charge is 0.242 e. The lowest BCUT2D eigenvalue weighted by atomic mass is 10.00. The number of carbonyl (C=O) groups is 2. The summed E-state index contributed by atoms with van der Waals surface area (Å²) in [7, 11) is 0. The van der Waals surface area contributed by atoms with Crippen LogP contribution in [-0.4, -0.2) is 47.4 Å². The Labute approximate surface area is 177 Å². The summed E-state index contributed by atoms with van der Waals surface area (Å²) in [6, 6.07) is 9.88. The van der Waals surface area contributed by atoms with E-state index in [0.29, 0.717) is 19.6 Å². The molecule has 0 saturated carbocycles. The summed E-state index contributed by atoms with van der Waals surface area (Å²) in [5.74, 6) is 0.831. The minimum atomic E-state index is -0.136. The zero-order valence-electron chi connectivity index (χ0n) is 17.7. The number of carbonyl (C=O) groups excluding carboxylic acids is 2. The number of hydrogen-bond acceptors (Lipinski definition) is 4. The Kier molecular flexibility index (Phi) is 6.96. The van der Waals surface area contributed by atoms with Gasteiger partial charge in [0.1, 0.15) is 12.4 Å². The zero-order valence-corrected chi connectivity index (χ0v) is 18.5. The van der Waals surface area contributed by atoms with Crippen molar-refractivity contribution in [2.75, 3.05) is 19.7 Å². The van der Waals surface area contributed by atoms with Gasteiger partial charge in [-0.25, -0.2) is 0 Å². The zero-order chi connectivity index (χ0) is 21.0. The summed E-state index contributed by atoms with van der Waals surface area (Å²) < 4.78 is 6.13. The molecule has 5 nitrogen and oxygen atoms in total. The van der Waals surface area contributed by atoms with Crippen LogP contribution in [0, 0.1) is 6.92 Å². The van der Waals surface area contributed by atoms with Crippen LogP contribution in [0.2, 0.25) is 0 Å². The van der Waals surface area contributed by atoms with E-state index in [-0.39, 0.29) is 30.4 Å². The van der Waals surface area contributed by atoms with E-state index >= 15 is 0 Å². The normalized spacial score (nSPS) is 15.9. The molecule has 0 saturated heterocycles. The van der Waals surface area contributed by atoms with Crippen LogP contribution in [0.4, 0.5) is 0 Å². The average Bonchev–Trinajstić information content (AvgIpc) is 3.19. The van der Waals surface area contributed by atoms with E-state index in [9.17, 15) is 9.59 Å². The molecule has 1 aliphatic rings. The predicted molar refractivity (Wildman–Crippen MR) is 116 cm³/mol. The number of rotatable bonds is 7. The number of para-hydroxylation sites is 1. The lowest BCUT2D eigenvalue weighted by Crippen LogP contribution is -2.49. The van der Waals surface area contributed by atoms with Gasteiger partial charge in [0.05, 0.1) is 12.6 Å². The molecule has 0 spiro atoms. The summed E-state index contributed by atoms with van der Waals surface area (Å²) >= 11 is 1.74. The maximum absolute atomic E-state index is 13.2. The van der Waals surface area contributed by atoms with Crippen LogP contribution in [0.15, 0.2) is 35.7 Å². The van der Waals surface area contributed by atoms with Crippen molar-refractivity contribution >= 4 is 23.2 Å². The fourth-order valence-electron chi connectivity index (χ4n) is 3.76. The Balaban J connectivity index is 1.79. The second kappa shape index (κ2) is 9.44. The summed E-state index contributed by atoms with van der Waals surface area (Å²) in [5, 5.41) is 2.08. The molecule has 1 aromatic carbocycles. The van der Waals surface area contributed by atoms with Gasteiger partial charge in [-0.1, -0.05) is 25.1 Å². The molecule has 2 amide bonds. The molecular formula is C23H30N2O3S. The van der Waals surface area contributed by atoms with E-state index in [4.69, 9.17) is 4.74 Å². The van der Waals surface area contributed by atoms with Crippen LogP contribution in [-0.2, 0) is 16.0 Å². The Morgan fingerprint density at radius 3 is 2.72 bits per heavy atom. The average molecular weight is 415 g/mol. The largest absolute Gasteiger partial charge is 0.491 e. The maximum atomic E-state index is 13.2. The monoisotopic (exact) mass is 414 g/mol. The van der Waals surface area contributed by atoms with Crippen LogP contribution in [0.3, 0.4) is 0 Å². The second-order valence-electron chi connectivity index (χ2n) is 7.70. The number of fused-ring (bicyclic) bond motifs is 1. The molecule has 1 aromatic heterocycles. The molecule has 0 radical (unpaired) electrons. The first-order valence-corrected chi connectivity index (χ1v) is 11.1. The van der Waals surface area contributed by atoms with Gasteiger partial charge in [0, 0.05) is 23.9 Å². The molecule has 0 fully saturated rings. The van der Waals surface area contributed by atoms with Gasteiger partial charge in [0.15, 0.2) is 0 Å². The molecule has 29 heavy (non-hydrogen) atoms. The molecule has 1 aliphatic heterocycles. The minimum absolute atomic E-state index is 0.00503. The lowest BCUT2D eigenvalue weighted by molar-refractivity contribution is -0.144. The van der Waals surface area contributed by atoms with Crippen molar-refractivity contribution in [1.29, 1.82) is 0 Å². The third-order valence-electron chi connectivity index (χ3n) is 5.46. The highest BCUT2D eigenvalue weighted by Crippen LogP contribution is 2.34. The standard InChI is InChI=1S/C23H30N2O3S/c1-5-22(26)25(16(2)3)14-23(27)24-12-10-21-18(11-13-29-21)19(24)15-28-20-9-7-6-8-17(20)4/h6-9,11,13,16,19H,5,10,12,14-15H2,1-4H3. The van der Waals surface area contributed by atoms with Gasteiger partial charge < -0.3 is 14.5 Å². The van der Waals surface area contributed by atoms with E-state index in [1.807, 2.05) is 56.9 Å². The summed E-state index contributed by atoms with van der Waals surface area (Å²) in [4.78, 5) is 30.4. The van der Waals surface area contributed by atoms with Crippen LogP contribution in [0.5, 0.6) is 5.75 Å². The SMILES string of the molecule is CCC(=O)N(CC(=O)N1CCc2sccc2C1COc1ccccc1C)C(C)C. The van der Waals surface area contributed by atoms with Gasteiger partial charge in [0.2, 0.25) is 11.8 Å². The second-order valence-corrected chi connectivity index (χ2v) is 8.70. The number of hydrogen-bond donors (Lipinski definition) is 0. The Morgan fingerprint density at radius 2 is 2.03 bits per heavy atom.